The maximum atomic E-state index is 10.3. The number of carboxylic acids is 1. The van der Waals surface area contributed by atoms with Gasteiger partial charge in [0.15, 0.2) is 0 Å². The number of hydrogen-bond acceptors (Lipinski definition) is 7. The van der Waals surface area contributed by atoms with Crippen LogP contribution in [-0.2, 0) is 4.74 Å². The first-order valence-electron chi connectivity index (χ1n) is 4.15. The molecule has 0 radical (unpaired) electrons. The molecule has 0 amide bonds. The van der Waals surface area contributed by atoms with E-state index in [0.717, 1.165) is 0 Å². The van der Waals surface area contributed by atoms with E-state index in [2.05, 4.69) is 10.2 Å². The Kier molecular flexibility index (Phi) is 4.14. The van der Waals surface area contributed by atoms with Crippen LogP contribution in [0.4, 0.5) is 6.01 Å². The molecule has 0 bridgehead atoms. The number of carboxylic acid groups (broad SMARTS) is 1. The van der Waals surface area contributed by atoms with Gasteiger partial charge in [-0.3, -0.25) is 0 Å². The molecule has 2 heterocycles. The monoisotopic (exact) mass is 205 g/mol. The first kappa shape index (κ1) is 12.0. The van der Waals surface area contributed by atoms with Crippen LogP contribution in [-0.4, -0.2) is 42.5 Å². The molecule has 7 nitrogen and oxygen atoms in total. The minimum absolute atomic E-state index is 0. The van der Waals surface area contributed by atoms with Crippen molar-refractivity contribution in [1.82, 2.24) is 10.2 Å². The molecular formula is C7H8LiN3O4. The second-order valence-corrected chi connectivity index (χ2v) is 2.78. The fourth-order valence-corrected chi connectivity index (χ4v) is 1.18. The smallest absolute Gasteiger partial charge is 0.540 e. The molecular weight excluding hydrogens is 197 g/mol. The fourth-order valence-electron chi connectivity index (χ4n) is 1.18. The SMILES string of the molecule is O=C([O-])c1nnc(N2CCOCC2)o1.[Li+]. The van der Waals surface area contributed by atoms with Crippen LogP contribution < -0.4 is 28.9 Å². The molecule has 0 saturated carbocycles. The number of rotatable bonds is 2. The second-order valence-electron chi connectivity index (χ2n) is 2.78. The van der Waals surface area contributed by atoms with Crippen LogP contribution in [0, 0.1) is 0 Å². The summed E-state index contributed by atoms with van der Waals surface area (Å²) < 4.78 is 9.99. The van der Waals surface area contributed by atoms with Crippen molar-refractivity contribution in [1.29, 1.82) is 0 Å². The number of hydrogen-bond donors (Lipinski definition) is 0. The van der Waals surface area contributed by atoms with E-state index in [-0.39, 0.29) is 24.9 Å². The molecule has 8 heteroatoms. The van der Waals surface area contributed by atoms with Crippen LogP contribution in [0.2, 0.25) is 0 Å². The van der Waals surface area contributed by atoms with Crippen LogP contribution in [0.15, 0.2) is 4.42 Å². The third-order valence-corrected chi connectivity index (χ3v) is 1.87. The summed E-state index contributed by atoms with van der Waals surface area (Å²) in [4.78, 5) is 12.1. The summed E-state index contributed by atoms with van der Waals surface area (Å²) in [5.41, 5.74) is 0. The summed E-state index contributed by atoms with van der Waals surface area (Å²) in [7, 11) is 0. The van der Waals surface area contributed by atoms with Crippen LogP contribution in [0.3, 0.4) is 0 Å². The van der Waals surface area contributed by atoms with Gasteiger partial charge in [0.1, 0.15) is 5.97 Å². The van der Waals surface area contributed by atoms with Crippen molar-refractivity contribution in [3.8, 4) is 0 Å². The van der Waals surface area contributed by atoms with Crippen molar-refractivity contribution < 1.29 is 37.9 Å². The largest absolute Gasteiger partial charge is 1.00 e. The van der Waals surface area contributed by atoms with Gasteiger partial charge in [-0.05, 0) is 0 Å². The number of nitrogens with zero attached hydrogens (tertiary/aromatic N) is 3. The molecule has 1 aliphatic rings. The quantitative estimate of drug-likeness (QED) is 0.448. The summed E-state index contributed by atoms with van der Waals surface area (Å²) in [6, 6.07) is 0.201. The van der Waals surface area contributed by atoms with Crippen molar-refractivity contribution in [3.05, 3.63) is 5.89 Å². The molecule has 0 aromatic carbocycles. The average Bonchev–Trinajstić information content (AvgIpc) is 2.68. The summed E-state index contributed by atoms with van der Waals surface area (Å²) in [5.74, 6) is -1.96. The molecule has 1 aliphatic heterocycles. The molecule has 0 aliphatic carbocycles. The van der Waals surface area contributed by atoms with Gasteiger partial charge in [0.05, 0.1) is 13.2 Å². The Morgan fingerprint density at radius 3 is 2.53 bits per heavy atom. The normalized spacial score (nSPS) is 15.9. The predicted octanol–water partition coefficient (Wildman–Crippen LogP) is -4.73. The third-order valence-electron chi connectivity index (χ3n) is 1.87. The first-order valence-corrected chi connectivity index (χ1v) is 4.15. The van der Waals surface area contributed by atoms with E-state index in [4.69, 9.17) is 9.15 Å². The summed E-state index contributed by atoms with van der Waals surface area (Å²) in [5, 5.41) is 17.3. The van der Waals surface area contributed by atoms with Gasteiger partial charge in [-0.15, -0.1) is 5.10 Å². The topological polar surface area (TPSA) is 91.5 Å². The Balaban J connectivity index is 0.00000112. The number of carbonyl (C=O) groups excluding carboxylic acids is 1. The molecule has 0 unspecified atom stereocenters. The van der Waals surface area contributed by atoms with Gasteiger partial charge in [-0.1, -0.05) is 5.10 Å². The number of aromatic nitrogens is 2. The van der Waals surface area contributed by atoms with Crippen LogP contribution >= 0.6 is 0 Å². The summed E-state index contributed by atoms with van der Waals surface area (Å²) in [6.45, 7) is 2.38. The number of ether oxygens (including phenoxy) is 1. The van der Waals surface area contributed by atoms with Gasteiger partial charge in [-0.2, -0.15) is 0 Å². The standard InChI is InChI=1S/C7H9N3O4.Li/c11-6(12)5-8-9-7(14-5)10-1-3-13-4-2-10;/h1-4H2,(H,11,12);/q;+1/p-1. The van der Waals surface area contributed by atoms with Gasteiger partial charge in [0, 0.05) is 13.1 Å². The number of carbonyl (C=O) groups is 1. The van der Waals surface area contributed by atoms with Gasteiger partial charge in [-0.25, -0.2) is 0 Å². The number of morpholine rings is 1. The van der Waals surface area contributed by atoms with E-state index in [1.165, 1.54) is 0 Å². The molecule has 2 rings (SSSR count). The van der Waals surface area contributed by atoms with Crippen molar-refractivity contribution in [2.45, 2.75) is 0 Å². The molecule has 0 spiro atoms. The van der Waals surface area contributed by atoms with Crippen molar-refractivity contribution in [3.63, 3.8) is 0 Å². The van der Waals surface area contributed by atoms with E-state index in [1.54, 1.807) is 4.90 Å². The van der Waals surface area contributed by atoms with Crippen molar-refractivity contribution >= 4 is 12.0 Å². The molecule has 1 saturated heterocycles. The minimum Gasteiger partial charge on any atom is -0.540 e. The first-order chi connectivity index (χ1) is 6.77. The Hall–Kier alpha value is -1.03. The van der Waals surface area contributed by atoms with E-state index >= 15 is 0 Å². The number of aromatic carboxylic acids is 1. The third kappa shape index (κ3) is 2.72. The van der Waals surface area contributed by atoms with E-state index in [1.807, 2.05) is 0 Å². The Bertz CT molecular complexity index is 337. The van der Waals surface area contributed by atoms with Gasteiger partial charge in [0.2, 0.25) is 0 Å². The van der Waals surface area contributed by atoms with Crippen LogP contribution in [0.1, 0.15) is 10.7 Å². The van der Waals surface area contributed by atoms with Gasteiger partial charge in [0.25, 0.3) is 5.89 Å². The minimum atomic E-state index is -1.46. The van der Waals surface area contributed by atoms with E-state index in [9.17, 15) is 9.90 Å². The Labute approximate surface area is 97.6 Å². The summed E-state index contributed by atoms with van der Waals surface area (Å²) >= 11 is 0. The van der Waals surface area contributed by atoms with E-state index < -0.39 is 11.9 Å². The van der Waals surface area contributed by atoms with E-state index in [0.29, 0.717) is 26.3 Å². The molecule has 0 atom stereocenters. The molecule has 1 aromatic rings. The molecule has 1 fully saturated rings. The summed E-state index contributed by atoms with van der Waals surface area (Å²) in [6.07, 6.45) is 0. The zero-order valence-corrected chi connectivity index (χ0v) is 8.30. The molecule has 1 aromatic heterocycles. The van der Waals surface area contributed by atoms with Gasteiger partial charge >= 0.3 is 24.9 Å². The predicted molar refractivity (Wildman–Crippen MR) is 41.7 cm³/mol. The maximum absolute atomic E-state index is 10.3. The molecule has 15 heavy (non-hydrogen) atoms. The van der Waals surface area contributed by atoms with Crippen LogP contribution in [0.5, 0.6) is 0 Å². The second kappa shape index (κ2) is 5.16. The zero-order valence-electron chi connectivity index (χ0n) is 8.30. The molecule has 76 valence electrons. The van der Waals surface area contributed by atoms with Crippen LogP contribution in [0.25, 0.3) is 0 Å². The Morgan fingerprint density at radius 1 is 1.33 bits per heavy atom. The molecule has 0 N–H and O–H groups in total. The Morgan fingerprint density at radius 2 is 2.00 bits per heavy atom. The van der Waals surface area contributed by atoms with Gasteiger partial charge < -0.3 is 24.0 Å². The van der Waals surface area contributed by atoms with Crippen molar-refractivity contribution in [2.24, 2.45) is 0 Å². The van der Waals surface area contributed by atoms with Crippen molar-refractivity contribution in [2.75, 3.05) is 31.2 Å². The maximum Gasteiger partial charge on any atom is 1.00 e. The zero-order chi connectivity index (χ0) is 9.97. The fraction of sp³-hybridized carbons (Fsp3) is 0.571. The average molecular weight is 205 g/mol. The number of anilines is 1.